The van der Waals surface area contributed by atoms with Crippen LogP contribution in [0.4, 0.5) is 10.7 Å². The molecule has 0 fully saturated rings. The lowest BCUT2D eigenvalue weighted by atomic mass is 9.95. The zero-order chi connectivity index (χ0) is 39.5. The van der Waals surface area contributed by atoms with Gasteiger partial charge in [-0.05, 0) is 111 Å². The van der Waals surface area contributed by atoms with Crippen LogP contribution in [-0.2, 0) is 41.8 Å². The molecule has 0 spiro atoms. The molecule has 1 aliphatic rings. The summed E-state index contributed by atoms with van der Waals surface area (Å²) < 4.78 is 0. The summed E-state index contributed by atoms with van der Waals surface area (Å²) in [4.78, 5) is 67.1. The third-order valence-corrected chi connectivity index (χ3v) is 11.4. The lowest BCUT2D eigenvalue weighted by Gasteiger charge is -2.30. The Morgan fingerprint density at radius 1 is 0.782 bits per heavy atom. The molecule has 1 atom stereocenters. The van der Waals surface area contributed by atoms with Crippen molar-refractivity contribution in [3.63, 3.8) is 0 Å². The first-order chi connectivity index (χ1) is 26.4. The van der Waals surface area contributed by atoms with E-state index in [1.165, 1.54) is 11.3 Å². The highest BCUT2D eigenvalue weighted by Crippen LogP contribution is 2.39. The largest absolute Gasteiger partial charge is 0.481 e. The lowest BCUT2D eigenvalue weighted by Crippen LogP contribution is -2.40. The first kappa shape index (κ1) is 40.8. The molecule has 1 aliphatic carbocycles. The Morgan fingerprint density at radius 2 is 1.45 bits per heavy atom. The van der Waals surface area contributed by atoms with Gasteiger partial charge in [-0.25, -0.2) is 4.79 Å². The quantitative estimate of drug-likeness (QED) is 0.0810. The third-order valence-electron chi connectivity index (χ3n) is 10.2. The van der Waals surface area contributed by atoms with Crippen molar-refractivity contribution >= 4 is 51.7 Å². The van der Waals surface area contributed by atoms with Gasteiger partial charge in [0.25, 0.3) is 11.8 Å². The summed E-state index contributed by atoms with van der Waals surface area (Å²) in [5.74, 6) is -2.70. The number of aliphatic carboxylic acids is 1. The van der Waals surface area contributed by atoms with Crippen molar-refractivity contribution in [1.82, 2.24) is 9.80 Å². The molecular weight excluding hydrogens is 717 g/mol. The van der Waals surface area contributed by atoms with E-state index in [-0.39, 0.29) is 42.2 Å². The summed E-state index contributed by atoms with van der Waals surface area (Å²) in [5.41, 5.74) is 5.99. The van der Waals surface area contributed by atoms with Crippen molar-refractivity contribution in [2.75, 3.05) is 30.8 Å². The maximum Gasteiger partial charge on any atom is 0.335 e. The standard InChI is InChI=1S/C43H50N4O7S/c1-4-28(2)47(25-24-46(3)37(48)22-23-38(49)50)27-31-8-7-9-33(26-31)40(51)45-42-39(35-10-5-6-11-36(35)55-42)41(52)44-34-20-16-30(17-21-34)13-12-29-14-18-32(19-15-29)43(53)54/h7-9,14-21,26,28H,4-6,10-13,22-25,27H2,1-3H3,(H,44,52)(H,45,51)(H,49,50)(H,53,54)/t28-/m0/s1. The highest BCUT2D eigenvalue weighted by molar-refractivity contribution is 7.17. The summed E-state index contributed by atoms with van der Waals surface area (Å²) in [5, 5.41) is 24.7. The number of carboxylic acid groups (broad SMARTS) is 2. The van der Waals surface area contributed by atoms with Gasteiger partial charge in [0.1, 0.15) is 5.00 Å². The van der Waals surface area contributed by atoms with E-state index in [0.29, 0.717) is 41.4 Å². The Kier molecular flexibility index (Phi) is 14.3. The summed E-state index contributed by atoms with van der Waals surface area (Å²) >= 11 is 1.47. The van der Waals surface area contributed by atoms with Crippen LogP contribution in [0.1, 0.15) is 104 Å². The molecule has 11 nitrogen and oxygen atoms in total. The number of hydrogen-bond donors (Lipinski definition) is 4. The minimum Gasteiger partial charge on any atom is -0.481 e. The highest BCUT2D eigenvalue weighted by Gasteiger charge is 2.27. The number of aromatic carboxylic acids is 1. The number of anilines is 2. The summed E-state index contributed by atoms with van der Waals surface area (Å²) in [6.45, 7) is 5.82. The zero-order valence-electron chi connectivity index (χ0n) is 31.7. The molecule has 0 radical (unpaired) electrons. The zero-order valence-corrected chi connectivity index (χ0v) is 32.5. The number of benzene rings is 3. The molecule has 5 rings (SSSR count). The van der Waals surface area contributed by atoms with Crippen LogP contribution in [0.2, 0.25) is 0 Å². The van der Waals surface area contributed by atoms with Gasteiger partial charge in [-0.1, -0.05) is 43.3 Å². The van der Waals surface area contributed by atoms with Crippen LogP contribution in [-0.4, -0.2) is 75.9 Å². The van der Waals surface area contributed by atoms with Gasteiger partial charge in [0.05, 0.1) is 17.5 Å². The van der Waals surface area contributed by atoms with Crippen molar-refractivity contribution in [2.24, 2.45) is 0 Å². The van der Waals surface area contributed by atoms with Gasteiger partial charge in [-0.15, -0.1) is 11.3 Å². The normalized spacial score (nSPS) is 12.8. The number of carbonyl (C=O) groups excluding carboxylic acids is 3. The van der Waals surface area contributed by atoms with E-state index in [9.17, 15) is 24.0 Å². The fourth-order valence-corrected chi connectivity index (χ4v) is 7.97. The Bertz CT molecular complexity index is 1990. The number of rotatable bonds is 18. The number of likely N-dealkylation sites (N-methyl/N-ethyl adjacent to an activating group) is 1. The van der Waals surface area contributed by atoms with Gasteiger partial charge < -0.3 is 25.7 Å². The molecule has 1 aromatic heterocycles. The first-order valence-corrected chi connectivity index (χ1v) is 19.7. The minimum atomic E-state index is -0.995. The molecule has 3 aromatic carbocycles. The van der Waals surface area contributed by atoms with Crippen LogP contribution in [0.25, 0.3) is 0 Å². The summed E-state index contributed by atoms with van der Waals surface area (Å²) in [7, 11) is 1.69. The number of nitrogens with one attached hydrogen (secondary N) is 2. The van der Waals surface area contributed by atoms with Gasteiger partial charge in [-0.2, -0.15) is 0 Å². The van der Waals surface area contributed by atoms with E-state index in [0.717, 1.165) is 72.1 Å². The fourth-order valence-electron chi connectivity index (χ4n) is 6.69. The van der Waals surface area contributed by atoms with Crippen molar-refractivity contribution in [3.05, 3.63) is 117 Å². The molecule has 55 heavy (non-hydrogen) atoms. The summed E-state index contributed by atoms with van der Waals surface area (Å²) in [6.07, 6.45) is 5.84. The smallest absolute Gasteiger partial charge is 0.335 e. The number of carbonyl (C=O) groups is 5. The van der Waals surface area contributed by atoms with Crippen LogP contribution in [0.3, 0.4) is 0 Å². The molecule has 12 heteroatoms. The Labute approximate surface area is 326 Å². The Hall–Kier alpha value is -5.33. The SMILES string of the molecule is CC[C@H](C)N(CCN(C)C(=O)CCC(=O)O)Cc1cccc(C(=O)Nc2sc3c(c2C(=O)Nc2ccc(CCc4ccc(C(=O)O)cc4)cc2)CCCC3)c1. The van der Waals surface area contributed by atoms with E-state index in [4.69, 9.17) is 10.2 Å². The molecule has 0 saturated carbocycles. The Balaban J connectivity index is 1.24. The number of thiophene rings is 1. The number of nitrogens with zero attached hydrogens (tertiary/aromatic N) is 2. The van der Waals surface area contributed by atoms with Gasteiger partial charge in [0.15, 0.2) is 0 Å². The van der Waals surface area contributed by atoms with Crippen LogP contribution >= 0.6 is 11.3 Å². The van der Waals surface area contributed by atoms with E-state index in [2.05, 4.69) is 29.4 Å². The predicted molar refractivity (Wildman–Crippen MR) is 215 cm³/mol. The van der Waals surface area contributed by atoms with Crippen LogP contribution < -0.4 is 10.6 Å². The van der Waals surface area contributed by atoms with E-state index in [1.54, 1.807) is 30.1 Å². The maximum atomic E-state index is 13.9. The molecule has 0 saturated heterocycles. The molecule has 1 heterocycles. The van der Waals surface area contributed by atoms with Crippen LogP contribution in [0.5, 0.6) is 0 Å². The van der Waals surface area contributed by atoms with Gasteiger partial charge in [0, 0.05) is 55.3 Å². The van der Waals surface area contributed by atoms with Gasteiger partial charge >= 0.3 is 11.9 Å². The first-order valence-electron chi connectivity index (χ1n) is 18.9. The molecule has 4 aromatic rings. The molecule has 4 N–H and O–H groups in total. The minimum absolute atomic E-state index is 0.0347. The predicted octanol–water partition coefficient (Wildman–Crippen LogP) is 7.54. The van der Waals surface area contributed by atoms with Crippen molar-refractivity contribution in [1.29, 1.82) is 0 Å². The van der Waals surface area contributed by atoms with E-state index >= 15 is 0 Å². The maximum absolute atomic E-state index is 13.9. The van der Waals surface area contributed by atoms with Crippen LogP contribution in [0, 0.1) is 0 Å². The summed E-state index contributed by atoms with van der Waals surface area (Å²) in [6, 6.07) is 22.3. The van der Waals surface area contributed by atoms with Gasteiger partial charge in [-0.3, -0.25) is 24.1 Å². The second-order valence-corrected chi connectivity index (χ2v) is 15.3. The topological polar surface area (TPSA) is 156 Å². The fraction of sp³-hybridized carbons (Fsp3) is 0.372. The monoisotopic (exact) mass is 766 g/mol. The second-order valence-electron chi connectivity index (χ2n) is 14.2. The molecule has 290 valence electrons. The van der Waals surface area contributed by atoms with Crippen molar-refractivity contribution in [2.45, 2.75) is 84.2 Å². The van der Waals surface area contributed by atoms with E-state index in [1.807, 2.05) is 54.6 Å². The highest BCUT2D eigenvalue weighted by atomic mass is 32.1. The molecule has 0 bridgehead atoms. The molecular formula is C43H50N4O7S. The molecule has 3 amide bonds. The van der Waals surface area contributed by atoms with Crippen molar-refractivity contribution in [3.8, 4) is 0 Å². The number of fused-ring (bicyclic) bond motifs is 1. The number of amides is 3. The number of hydrogen-bond acceptors (Lipinski definition) is 7. The average molecular weight is 767 g/mol. The molecule has 0 unspecified atom stereocenters. The van der Waals surface area contributed by atoms with Crippen molar-refractivity contribution < 1.29 is 34.2 Å². The average Bonchev–Trinajstić information content (AvgIpc) is 3.55. The third kappa shape index (κ3) is 11.3. The molecule has 0 aliphatic heterocycles. The number of aryl methyl sites for hydroxylation is 3. The second kappa shape index (κ2) is 19.3. The van der Waals surface area contributed by atoms with E-state index < -0.39 is 11.9 Å². The number of carboxylic acids is 2. The van der Waals surface area contributed by atoms with Gasteiger partial charge in [0.2, 0.25) is 5.91 Å². The lowest BCUT2D eigenvalue weighted by molar-refractivity contribution is -0.140. The van der Waals surface area contributed by atoms with Crippen LogP contribution in [0.15, 0.2) is 72.8 Å². The Morgan fingerprint density at radius 3 is 2.11 bits per heavy atom.